The molecule has 34 heavy (non-hydrogen) atoms. The Morgan fingerprint density at radius 1 is 1.12 bits per heavy atom. The van der Waals surface area contributed by atoms with Crippen LogP contribution in [-0.4, -0.2) is 44.8 Å². The van der Waals surface area contributed by atoms with Crippen LogP contribution in [-0.2, 0) is 4.79 Å². The highest BCUT2D eigenvalue weighted by molar-refractivity contribution is 5.87. The van der Waals surface area contributed by atoms with Crippen LogP contribution in [0.15, 0.2) is 35.5 Å². The van der Waals surface area contributed by atoms with E-state index in [-0.39, 0.29) is 24.1 Å². The van der Waals surface area contributed by atoms with Crippen LogP contribution in [0.25, 0.3) is 0 Å². The molecule has 2 N–H and O–H groups in total. The highest BCUT2D eigenvalue weighted by atomic mass is 16.3. The molecule has 4 nitrogen and oxygen atoms in total. The number of carbonyl (C=O) groups excluding carboxylic acids is 1. The monoisotopic (exact) mass is 469 g/mol. The summed E-state index contributed by atoms with van der Waals surface area (Å²) in [6.45, 7) is 14.9. The molecule has 0 aromatic carbocycles. The number of aliphatic hydroxyl groups excluding tert-OH is 1. The van der Waals surface area contributed by atoms with Crippen LogP contribution >= 0.6 is 0 Å². The summed E-state index contributed by atoms with van der Waals surface area (Å²) >= 11 is 0. The van der Waals surface area contributed by atoms with Gasteiger partial charge in [-0.25, -0.2) is 0 Å². The van der Waals surface area contributed by atoms with Crippen LogP contribution in [0.1, 0.15) is 98.8 Å². The number of fused-ring (bicyclic) bond motifs is 1. The summed E-state index contributed by atoms with van der Waals surface area (Å²) in [6.07, 6.45) is 14.9. The van der Waals surface area contributed by atoms with Gasteiger partial charge in [-0.05, 0) is 113 Å². The van der Waals surface area contributed by atoms with Crippen molar-refractivity contribution in [3.8, 4) is 0 Å². The molecule has 0 aromatic heterocycles. The fourth-order valence-corrected chi connectivity index (χ4v) is 8.18. The van der Waals surface area contributed by atoms with Gasteiger partial charge in [0.2, 0.25) is 0 Å². The molecule has 0 radical (unpaired) electrons. The van der Waals surface area contributed by atoms with Crippen LogP contribution < -0.4 is 0 Å². The standard InChI is InChI=1S/C30H47NO3/c1-19(2)31-24(18-30(6,34)28(31)33)17-20(3)25-14-15-26-23(10-8-16-29(25,26)5)13-12-22-9-7-11-27(32)21(22)4/h12-13,19-20,24-27,32,34H,4,7-11,14-18H2,1-3,5-6H3/b22-12-,23-13+/t20-,24?,25-,26+,27+,29-,30?/m1/s1. The second-order valence-electron chi connectivity index (χ2n) is 12.6. The van der Waals surface area contributed by atoms with E-state index in [0.717, 1.165) is 31.3 Å². The van der Waals surface area contributed by atoms with Gasteiger partial charge in [0.1, 0.15) is 5.60 Å². The van der Waals surface area contributed by atoms with Crippen LogP contribution in [0.3, 0.4) is 0 Å². The summed E-state index contributed by atoms with van der Waals surface area (Å²) in [5, 5.41) is 20.9. The maximum Gasteiger partial charge on any atom is 0.254 e. The number of nitrogens with zero attached hydrogens (tertiary/aromatic N) is 1. The lowest BCUT2D eigenvalue weighted by molar-refractivity contribution is -0.143. The Labute approximate surface area is 207 Å². The molecule has 3 aliphatic carbocycles. The smallest absolute Gasteiger partial charge is 0.254 e. The van der Waals surface area contributed by atoms with E-state index < -0.39 is 5.60 Å². The molecule has 1 saturated heterocycles. The van der Waals surface area contributed by atoms with Gasteiger partial charge in [-0.3, -0.25) is 4.79 Å². The molecular formula is C30H47NO3. The minimum absolute atomic E-state index is 0.0967. The Kier molecular flexibility index (Phi) is 7.24. The van der Waals surface area contributed by atoms with Crippen LogP contribution in [0, 0.1) is 23.2 Å². The van der Waals surface area contributed by atoms with Gasteiger partial charge in [-0.2, -0.15) is 0 Å². The van der Waals surface area contributed by atoms with E-state index >= 15 is 0 Å². The van der Waals surface area contributed by atoms with Crippen molar-refractivity contribution in [3.05, 3.63) is 35.5 Å². The second-order valence-corrected chi connectivity index (χ2v) is 12.6. The topological polar surface area (TPSA) is 60.8 Å². The molecule has 4 aliphatic rings. The zero-order chi connectivity index (χ0) is 24.8. The maximum atomic E-state index is 12.8. The molecule has 1 aliphatic heterocycles. The lowest BCUT2D eigenvalue weighted by atomic mass is 9.60. The minimum atomic E-state index is -1.22. The zero-order valence-corrected chi connectivity index (χ0v) is 22.1. The van der Waals surface area contributed by atoms with Crippen molar-refractivity contribution in [2.45, 2.75) is 123 Å². The minimum Gasteiger partial charge on any atom is -0.388 e. The van der Waals surface area contributed by atoms with E-state index in [2.05, 4.69) is 46.4 Å². The fraction of sp³-hybridized carbons (Fsp3) is 0.767. The van der Waals surface area contributed by atoms with Crippen molar-refractivity contribution in [1.29, 1.82) is 0 Å². The fourth-order valence-electron chi connectivity index (χ4n) is 8.18. The summed E-state index contributed by atoms with van der Waals surface area (Å²) in [6, 6.07) is 0.253. The molecule has 1 amide bonds. The first-order chi connectivity index (χ1) is 16.0. The quantitative estimate of drug-likeness (QED) is 0.523. The number of hydrogen-bond acceptors (Lipinski definition) is 3. The lowest BCUT2D eigenvalue weighted by Gasteiger charge is -2.45. The average molecular weight is 470 g/mol. The number of likely N-dealkylation sites (tertiary alicyclic amines) is 1. The highest BCUT2D eigenvalue weighted by Crippen LogP contribution is 2.60. The third kappa shape index (κ3) is 4.57. The Morgan fingerprint density at radius 3 is 2.56 bits per heavy atom. The molecule has 7 atom stereocenters. The van der Waals surface area contributed by atoms with Crippen molar-refractivity contribution >= 4 is 5.91 Å². The van der Waals surface area contributed by atoms with Crippen molar-refractivity contribution in [3.63, 3.8) is 0 Å². The third-order valence-electron chi connectivity index (χ3n) is 9.88. The second kappa shape index (κ2) is 9.58. The van der Waals surface area contributed by atoms with Crippen molar-refractivity contribution in [2.75, 3.05) is 0 Å². The molecule has 1 heterocycles. The molecule has 0 spiro atoms. The summed E-state index contributed by atoms with van der Waals surface area (Å²) < 4.78 is 0. The summed E-state index contributed by atoms with van der Waals surface area (Å²) in [4.78, 5) is 14.8. The van der Waals surface area contributed by atoms with Gasteiger partial charge in [0.25, 0.3) is 5.91 Å². The first kappa shape index (κ1) is 25.7. The van der Waals surface area contributed by atoms with Crippen molar-refractivity contribution in [2.24, 2.45) is 23.2 Å². The van der Waals surface area contributed by atoms with Gasteiger partial charge in [-0.15, -0.1) is 0 Å². The maximum absolute atomic E-state index is 12.8. The molecule has 190 valence electrons. The number of amides is 1. The molecule has 3 saturated carbocycles. The lowest BCUT2D eigenvalue weighted by Crippen LogP contribution is -2.44. The van der Waals surface area contributed by atoms with Gasteiger partial charge < -0.3 is 15.1 Å². The highest BCUT2D eigenvalue weighted by Gasteiger charge is 2.53. The molecular weight excluding hydrogens is 422 g/mol. The Balaban J connectivity index is 1.49. The summed E-state index contributed by atoms with van der Waals surface area (Å²) in [5.41, 5.74) is 2.82. The molecule has 4 rings (SSSR count). The van der Waals surface area contributed by atoms with E-state index in [1.807, 2.05) is 4.90 Å². The van der Waals surface area contributed by atoms with Crippen LogP contribution in [0.4, 0.5) is 0 Å². The predicted molar refractivity (Wildman–Crippen MR) is 138 cm³/mol. The molecule has 0 aromatic rings. The van der Waals surface area contributed by atoms with Gasteiger partial charge in [0.15, 0.2) is 0 Å². The normalized spacial score (nSPS) is 42.2. The molecule has 4 heteroatoms. The molecule has 4 fully saturated rings. The average Bonchev–Trinajstić information content (AvgIpc) is 3.22. The van der Waals surface area contributed by atoms with Gasteiger partial charge in [-0.1, -0.05) is 38.2 Å². The largest absolute Gasteiger partial charge is 0.388 e. The van der Waals surface area contributed by atoms with Gasteiger partial charge >= 0.3 is 0 Å². The van der Waals surface area contributed by atoms with Crippen molar-refractivity contribution < 1.29 is 15.0 Å². The first-order valence-electron chi connectivity index (χ1n) is 13.8. The summed E-state index contributed by atoms with van der Waals surface area (Å²) in [5.74, 6) is 1.70. The van der Waals surface area contributed by atoms with Crippen molar-refractivity contribution in [1.82, 2.24) is 4.90 Å². The molecule has 0 bridgehead atoms. The SMILES string of the molecule is C=C1/C(=C\C=C2/CCC[C@]3(C)[C@@H]([C@H](C)CC4CC(C)(O)C(=O)N4C(C)C)CC[C@@H]23)CCC[C@@H]1O. The predicted octanol–water partition coefficient (Wildman–Crippen LogP) is 5.94. The van der Waals surface area contributed by atoms with Gasteiger partial charge in [0, 0.05) is 18.5 Å². The summed E-state index contributed by atoms with van der Waals surface area (Å²) in [7, 11) is 0. The van der Waals surface area contributed by atoms with E-state index in [1.54, 1.807) is 12.5 Å². The van der Waals surface area contributed by atoms with Gasteiger partial charge in [0.05, 0.1) is 6.10 Å². The van der Waals surface area contributed by atoms with E-state index in [9.17, 15) is 15.0 Å². The number of aliphatic hydroxyl groups is 2. The number of allylic oxidation sites excluding steroid dienone is 3. The first-order valence-corrected chi connectivity index (χ1v) is 13.8. The Morgan fingerprint density at radius 2 is 1.85 bits per heavy atom. The number of rotatable bonds is 5. The van der Waals surface area contributed by atoms with E-state index in [4.69, 9.17) is 0 Å². The third-order valence-corrected chi connectivity index (χ3v) is 9.88. The number of hydrogen-bond donors (Lipinski definition) is 2. The molecule has 2 unspecified atom stereocenters. The van der Waals surface area contributed by atoms with Crippen LogP contribution in [0.5, 0.6) is 0 Å². The number of carbonyl (C=O) groups is 1. The Hall–Kier alpha value is -1.39. The Bertz CT molecular complexity index is 868. The zero-order valence-electron chi connectivity index (χ0n) is 22.1. The van der Waals surface area contributed by atoms with E-state index in [1.165, 1.54) is 37.7 Å². The van der Waals surface area contributed by atoms with E-state index in [0.29, 0.717) is 29.6 Å². The van der Waals surface area contributed by atoms with Crippen LogP contribution in [0.2, 0.25) is 0 Å².